The highest BCUT2D eigenvalue weighted by atomic mass is 16.3. The van der Waals surface area contributed by atoms with E-state index >= 15 is 0 Å². The van der Waals surface area contributed by atoms with Gasteiger partial charge in [0.2, 0.25) is 0 Å². The molecule has 2 heterocycles. The number of rotatable bonds is 7. The fourth-order valence-corrected chi connectivity index (χ4v) is 19.4. The Morgan fingerprint density at radius 3 is 1.02 bits per heavy atom. The molecule has 0 radical (unpaired) electrons. The lowest BCUT2D eigenvalue weighted by Gasteiger charge is -2.23. The van der Waals surface area contributed by atoms with Crippen LogP contribution in [0.1, 0.15) is 49.9 Å². The van der Waals surface area contributed by atoms with Crippen LogP contribution in [0.3, 0.4) is 0 Å². The minimum absolute atomic E-state index is 0.0574. The quantitative estimate of drug-likeness (QED) is 0.149. The standard InChI is InChI=1S/C57H38O.C51H34O/c1-57(2)51-29-25-39(32-48(51)47-28-24-37-14-6-7-15-42(37)56(47)57)40-26-30-52-49(33-40)50-34-41(27-31-53(50)58-52)55-45-18-10-8-16-43(45)54(44-17-9-11-19-46(44)55)38-22-20-36(21-23-38)35-12-4-3-5-13-35;1-51(2)45-29-27-34(30-44(45)41-28-26-32-12-3-4-13-35(32)49(41)51)31-22-24-33(25-23-31)47-37-15-5-7-17-39(37)48(40-18-8-6-16-38(40)47)43-20-11-19-42-36-14-9-10-21-46(36)52-50(42)43/h3-34H,1-2H3;3-30H,1-2H3. The minimum Gasteiger partial charge on any atom is -0.456 e. The number of furan rings is 2. The van der Waals surface area contributed by atoms with Crippen LogP contribution in [0, 0.1) is 0 Å². The summed E-state index contributed by atoms with van der Waals surface area (Å²) >= 11 is 0. The van der Waals surface area contributed by atoms with E-state index in [9.17, 15) is 0 Å². The summed E-state index contributed by atoms with van der Waals surface area (Å²) in [4.78, 5) is 0. The molecule has 2 nitrogen and oxygen atoms in total. The lowest BCUT2D eigenvalue weighted by molar-refractivity contribution is 0.666. The molecule has 0 bridgehead atoms. The summed E-state index contributed by atoms with van der Waals surface area (Å²) in [6.07, 6.45) is 0. The van der Waals surface area contributed by atoms with Gasteiger partial charge < -0.3 is 8.83 Å². The summed E-state index contributed by atoms with van der Waals surface area (Å²) < 4.78 is 13.1. The molecule has 0 spiro atoms. The van der Waals surface area contributed by atoms with Crippen molar-refractivity contribution in [2.45, 2.75) is 38.5 Å². The van der Waals surface area contributed by atoms with Crippen LogP contribution in [0.4, 0.5) is 0 Å². The van der Waals surface area contributed by atoms with E-state index in [0.717, 1.165) is 49.4 Å². The second-order valence-electron chi connectivity index (χ2n) is 31.2. The first-order valence-electron chi connectivity index (χ1n) is 38.4. The normalized spacial score (nSPS) is 13.2. The molecule has 0 saturated heterocycles. The maximum atomic E-state index is 6.58. The molecule has 0 saturated carbocycles. The molecule has 516 valence electrons. The highest BCUT2D eigenvalue weighted by Crippen LogP contribution is 2.56. The predicted octanol–water partition coefficient (Wildman–Crippen LogP) is 30.4. The van der Waals surface area contributed by atoms with Gasteiger partial charge in [-0.2, -0.15) is 0 Å². The van der Waals surface area contributed by atoms with Crippen molar-refractivity contribution in [3.05, 3.63) is 386 Å². The average molecular weight is 1400 g/mol. The molecule has 19 aromatic carbocycles. The van der Waals surface area contributed by atoms with Crippen molar-refractivity contribution < 1.29 is 8.83 Å². The van der Waals surface area contributed by atoms with E-state index in [-0.39, 0.29) is 10.8 Å². The van der Waals surface area contributed by atoms with Crippen LogP contribution >= 0.6 is 0 Å². The van der Waals surface area contributed by atoms with Crippen LogP contribution in [-0.2, 0) is 10.8 Å². The number of hydrogen-bond donors (Lipinski definition) is 0. The Kier molecular flexibility index (Phi) is 14.1. The summed E-state index contributed by atoms with van der Waals surface area (Å²) in [6, 6.07) is 134. The topological polar surface area (TPSA) is 26.3 Å². The van der Waals surface area contributed by atoms with Crippen LogP contribution in [0.15, 0.2) is 373 Å². The first-order chi connectivity index (χ1) is 54.1. The molecular weight excluding hydrogens is 1330 g/mol. The lowest BCUT2D eigenvalue weighted by atomic mass is 9.80. The third-order valence-corrected chi connectivity index (χ3v) is 24.5. The summed E-state index contributed by atoms with van der Waals surface area (Å²) in [6.45, 7) is 9.48. The van der Waals surface area contributed by atoms with E-state index in [2.05, 4.69) is 386 Å². The summed E-state index contributed by atoms with van der Waals surface area (Å²) in [7, 11) is 0. The predicted molar refractivity (Wildman–Crippen MR) is 466 cm³/mol. The van der Waals surface area contributed by atoms with Crippen LogP contribution in [0.2, 0.25) is 0 Å². The van der Waals surface area contributed by atoms with Gasteiger partial charge in [0, 0.05) is 43.5 Å². The van der Waals surface area contributed by atoms with E-state index in [4.69, 9.17) is 8.83 Å². The van der Waals surface area contributed by atoms with Crippen molar-refractivity contribution in [3.8, 4) is 100 Å². The Morgan fingerprint density at radius 2 is 0.518 bits per heavy atom. The van der Waals surface area contributed by atoms with Gasteiger partial charge in [0.25, 0.3) is 0 Å². The Hall–Kier alpha value is -13.7. The monoisotopic (exact) mass is 1400 g/mol. The molecule has 0 unspecified atom stereocenters. The molecule has 2 aliphatic carbocycles. The molecule has 0 amide bonds. The molecule has 21 aromatic rings. The van der Waals surface area contributed by atoms with Gasteiger partial charge in [0.15, 0.2) is 0 Å². The molecule has 2 aromatic heterocycles. The number of para-hydroxylation sites is 2. The van der Waals surface area contributed by atoms with Gasteiger partial charge >= 0.3 is 0 Å². The maximum absolute atomic E-state index is 6.58. The average Bonchev–Trinajstić information content (AvgIpc) is 1.33. The molecule has 23 rings (SSSR count). The summed E-state index contributed by atoms with van der Waals surface area (Å²) in [5, 5.41) is 19.7. The summed E-state index contributed by atoms with van der Waals surface area (Å²) in [5.41, 5.74) is 31.6. The van der Waals surface area contributed by atoms with Crippen LogP contribution < -0.4 is 0 Å². The first-order valence-corrected chi connectivity index (χ1v) is 38.4. The second kappa shape index (κ2) is 24.4. The van der Waals surface area contributed by atoms with E-state index in [1.54, 1.807) is 0 Å². The van der Waals surface area contributed by atoms with Crippen LogP contribution in [0.5, 0.6) is 0 Å². The Balaban J connectivity index is 0.000000136. The van der Waals surface area contributed by atoms with Gasteiger partial charge in [-0.3, -0.25) is 0 Å². The van der Waals surface area contributed by atoms with Crippen LogP contribution in [-0.4, -0.2) is 0 Å². The second-order valence-corrected chi connectivity index (χ2v) is 31.2. The fourth-order valence-electron chi connectivity index (χ4n) is 19.4. The van der Waals surface area contributed by atoms with Crippen molar-refractivity contribution in [1.82, 2.24) is 0 Å². The molecule has 2 heteroatoms. The van der Waals surface area contributed by atoms with Crippen molar-refractivity contribution in [2.24, 2.45) is 0 Å². The number of benzene rings is 19. The van der Waals surface area contributed by atoms with E-state index < -0.39 is 0 Å². The van der Waals surface area contributed by atoms with Crippen LogP contribution in [0.25, 0.3) is 209 Å². The van der Waals surface area contributed by atoms with Gasteiger partial charge in [-0.25, -0.2) is 0 Å². The number of hydrogen-bond acceptors (Lipinski definition) is 2. The Bertz CT molecular complexity index is 7310. The van der Waals surface area contributed by atoms with E-state index in [1.807, 2.05) is 6.07 Å². The third-order valence-electron chi connectivity index (χ3n) is 24.5. The first kappa shape index (κ1) is 63.6. The van der Waals surface area contributed by atoms with Gasteiger partial charge in [-0.05, 0) is 218 Å². The molecule has 0 atom stereocenters. The minimum atomic E-state index is -0.0787. The highest BCUT2D eigenvalue weighted by molar-refractivity contribution is 6.25. The molecule has 0 N–H and O–H groups in total. The Morgan fingerprint density at radius 1 is 0.182 bits per heavy atom. The van der Waals surface area contributed by atoms with E-state index in [1.165, 1.54) is 181 Å². The smallest absolute Gasteiger partial charge is 0.143 e. The lowest BCUT2D eigenvalue weighted by Crippen LogP contribution is -2.15. The highest BCUT2D eigenvalue weighted by Gasteiger charge is 2.39. The third kappa shape index (κ3) is 9.68. The zero-order chi connectivity index (χ0) is 73.1. The van der Waals surface area contributed by atoms with Gasteiger partial charge in [-0.1, -0.05) is 349 Å². The molecule has 110 heavy (non-hydrogen) atoms. The summed E-state index contributed by atoms with van der Waals surface area (Å²) in [5.74, 6) is 0. The molecule has 2 aliphatic rings. The molecule has 0 fully saturated rings. The maximum Gasteiger partial charge on any atom is 0.143 e. The van der Waals surface area contributed by atoms with Crippen molar-refractivity contribution in [1.29, 1.82) is 0 Å². The molecule has 0 aliphatic heterocycles. The Labute approximate surface area is 638 Å². The van der Waals surface area contributed by atoms with Crippen molar-refractivity contribution in [2.75, 3.05) is 0 Å². The molecular formula is C108H72O2. The zero-order valence-corrected chi connectivity index (χ0v) is 61.5. The largest absolute Gasteiger partial charge is 0.456 e. The zero-order valence-electron chi connectivity index (χ0n) is 61.5. The van der Waals surface area contributed by atoms with Gasteiger partial charge in [-0.15, -0.1) is 0 Å². The van der Waals surface area contributed by atoms with Crippen molar-refractivity contribution >= 4 is 109 Å². The SMILES string of the molecule is CC1(C)c2ccc(-c3ccc(-c4c5ccccc5c(-c5cccc6c5oc5ccccc56)c5ccccc45)cc3)cc2-c2ccc3ccccc3c21.CC1(C)c2ccc(-c3ccc4oc5ccc(-c6c7ccccc7c(-c7ccc(-c8ccccc8)cc7)c7ccccc67)cc5c4c3)cc2-c2ccc3ccccc3c21. The fraction of sp³-hybridized carbons (Fsp3) is 0.0556. The van der Waals surface area contributed by atoms with Crippen molar-refractivity contribution in [3.63, 3.8) is 0 Å². The number of fused-ring (bicyclic) bond motifs is 20. The van der Waals surface area contributed by atoms with Gasteiger partial charge in [0.05, 0.1) is 0 Å². The van der Waals surface area contributed by atoms with E-state index in [0.29, 0.717) is 0 Å². The van der Waals surface area contributed by atoms with Gasteiger partial charge in [0.1, 0.15) is 22.3 Å².